The molecule has 4 rings (SSSR count). The van der Waals surface area contributed by atoms with E-state index in [1.165, 1.54) is 0 Å². The molecule has 0 atom stereocenters. The molecule has 0 fully saturated rings. The van der Waals surface area contributed by atoms with Crippen molar-refractivity contribution in [1.29, 1.82) is 0 Å². The number of nitrogens with one attached hydrogen (secondary N) is 2. The Morgan fingerprint density at radius 1 is 1.33 bits per heavy atom. The lowest BCUT2D eigenvalue weighted by molar-refractivity contribution is -0.116. The van der Waals surface area contributed by atoms with E-state index in [0.717, 1.165) is 29.0 Å². The third-order valence-electron chi connectivity index (χ3n) is 4.79. The highest BCUT2D eigenvalue weighted by Crippen LogP contribution is 2.25. The quantitative estimate of drug-likeness (QED) is 0.709. The lowest BCUT2D eigenvalue weighted by atomic mass is 9.99. The summed E-state index contributed by atoms with van der Waals surface area (Å²) < 4.78 is 16.7. The van der Waals surface area contributed by atoms with Gasteiger partial charge in [0.25, 0.3) is 0 Å². The van der Waals surface area contributed by atoms with E-state index in [1.54, 1.807) is 17.8 Å². The Labute approximate surface area is 161 Å². The minimum Gasteiger partial charge on any atom is -0.322 e. The van der Waals surface area contributed by atoms with E-state index >= 15 is 0 Å². The van der Waals surface area contributed by atoms with Gasteiger partial charge in [-0.15, -0.1) is 0 Å². The maximum Gasteiger partial charge on any atom is 0.244 e. The van der Waals surface area contributed by atoms with Crippen LogP contribution >= 0.6 is 11.8 Å². The van der Waals surface area contributed by atoms with Crippen LogP contribution in [0.15, 0.2) is 36.4 Å². The van der Waals surface area contributed by atoms with Crippen LogP contribution in [0.3, 0.4) is 0 Å². The summed E-state index contributed by atoms with van der Waals surface area (Å²) in [5.74, 6) is 0.980. The lowest BCUT2D eigenvalue weighted by Gasteiger charge is -2.19. The predicted molar refractivity (Wildman–Crippen MR) is 107 cm³/mol. The Morgan fingerprint density at radius 3 is 3.04 bits per heavy atom. The molecule has 5 nitrogen and oxygen atoms in total. The first-order chi connectivity index (χ1) is 13.2. The molecule has 0 spiro atoms. The number of carbonyl (C=O) groups excluding carboxylic acids is 1. The van der Waals surface area contributed by atoms with E-state index in [9.17, 15) is 9.18 Å². The molecule has 7 heteroatoms. The first-order valence-corrected chi connectivity index (χ1v) is 10.3. The molecule has 1 amide bonds. The molecule has 0 bridgehead atoms. The fraction of sp³-hybridized carbons (Fsp3) is 0.300. The fourth-order valence-corrected chi connectivity index (χ4v) is 3.98. The second-order valence-corrected chi connectivity index (χ2v) is 7.44. The largest absolute Gasteiger partial charge is 0.322 e. The van der Waals surface area contributed by atoms with Gasteiger partial charge in [-0.3, -0.25) is 4.79 Å². The maximum absolute atomic E-state index is 14.8. The molecule has 0 radical (unpaired) electrons. The van der Waals surface area contributed by atoms with E-state index in [0.29, 0.717) is 24.3 Å². The Bertz CT molecular complexity index is 1000. The molecule has 0 aliphatic carbocycles. The molecule has 27 heavy (non-hydrogen) atoms. The van der Waals surface area contributed by atoms with Crippen LogP contribution < -0.4 is 10.6 Å². The summed E-state index contributed by atoms with van der Waals surface area (Å²) in [6, 6.07) is 11.3. The number of hydrogen-bond acceptors (Lipinski definition) is 4. The molecule has 2 aromatic carbocycles. The van der Waals surface area contributed by atoms with Gasteiger partial charge in [-0.1, -0.05) is 18.2 Å². The van der Waals surface area contributed by atoms with E-state index in [-0.39, 0.29) is 24.0 Å². The summed E-state index contributed by atoms with van der Waals surface area (Å²) in [7, 11) is 0. The van der Waals surface area contributed by atoms with Crippen LogP contribution in [0.4, 0.5) is 10.1 Å². The van der Waals surface area contributed by atoms with Gasteiger partial charge in [0, 0.05) is 6.54 Å². The first kappa shape index (κ1) is 18.0. The predicted octanol–water partition coefficient (Wildman–Crippen LogP) is 3.32. The van der Waals surface area contributed by atoms with Gasteiger partial charge in [0.1, 0.15) is 18.2 Å². The van der Waals surface area contributed by atoms with Gasteiger partial charge >= 0.3 is 0 Å². The van der Waals surface area contributed by atoms with Crippen molar-refractivity contribution in [3.8, 4) is 0 Å². The van der Waals surface area contributed by atoms with Crippen molar-refractivity contribution >= 4 is 34.4 Å². The van der Waals surface area contributed by atoms with Crippen molar-refractivity contribution in [1.82, 2.24) is 14.9 Å². The molecule has 140 valence electrons. The fourth-order valence-electron chi connectivity index (χ4n) is 3.50. The summed E-state index contributed by atoms with van der Waals surface area (Å²) in [6.07, 6.45) is 2.63. The number of carbonyl (C=O) groups is 1. The first-order valence-electron chi connectivity index (χ1n) is 8.91. The topological polar surface area (TPSA) is 59.0 Å². The van der Waals surface area contributed by atoms with E-state index in [4.69, 9.17) is 0 Å². The molecule has 1 aliphatic rings. The second kappa shape index (κ2) is 7.70. The van der Waals surface area contributed by atoms with Gasteiger partial charge in [0.05, 0.1) is 22.5 Å². The molecule has 0 unspecified atom stereocenters. The number of anilines is 1. The SMILES string of the molecule is CSCc1nc2ccccc2n1CC(=O)Nc1ccc2c(c1F)CCNC2. The molecule has 3 aromatic rings. The van der Waals surface area contributed by atoms with E-state index < -0.39 is 0 Å². The van der Waals surface area contributed by atoms with Gasteiger partial charge in [0.2, 0.25) is 5.91 Å². The van der Waals surface area contributed by atoms with Crippen molar-refractivity contribution in [3.63, 3.8) is 0 Å². The number of fused-ring (bicyclic) bond motifs is 2. The highest BCUT2D eigenvalue weighted by molar-refractivity contribution is 7.97. The normalized spacial score (nSPS) is 13.6. The van der Waals surface area contributed by atoms with E-state index in [1.807, 2.05) is 41.2 Å². The minimum atomic E-state index is -0.317. The summed E-state index contributed by atoms with van der Waals surface area (Å²) in [6.45, 7) is 1.52. The molecule has 1 aromatic heterocycles. The Kier molecular flexibility index (Phi) is 5.13. The van der Waals surface area contributed by atoms with Crippen molar-refractivity contribution in [3.05, 3.63) is 59.2 Å². The molecule has 2 heterocycles. The van der Waals surface area contributed by atoms with Crippen LogP contribution in [0.2, 0.25) is 0 Å². The third kappa shape index (κ3) is 3.57. The zero-order chi connectivity index (χ0) is 18.8. The van der Waals surface area contributed by atoms with E-state index in [2.05, 4.69) is 15.6 Å². The zero-order valence-corrected chi connectivity index (χ0v) is 15.9. The summed E-state index contributed by atoms with van der Waals surface area (Å²) >= 11 is 1.65. The van der Waals surface area contributed by atoms with Gasteiger partial charge in [-0.2, -0.15) is 11.8 Å². The molecular weight excluding hydrogens is 363 g/mol. The van der Waals surface area contributed by atoms with Crippen LogP contribution in [0.25, 0.3) is 11.0 Å². The number of aromatic nitrogens is 2. The Hall–Kier alpha value is -2.38. The molecule has 1 aliphatic heterocycles. The average Bonchev–Trinajstić information content (AvgIpc) is 3.02. The Balaban J connectivity index is 1.58. The summed E-state index contributed by atoms with van der Waals surface area (Å²) in [4.78, 5) is 17.3. The number of nitrogens with zero attached hydrogens (tertiary/aromatic N) is 2. The zero-order valence-electron chi connectivity index (χ0n) is 15.1. The van der Waals surface area contributed by atoms with Crippen molar-refractivity contribution in [2.24, 2.45) is 0 Å². The van der Waals surface area contributed by atoms with Crippen molar-refractivity contribution in [2.75, 3.05) is 18.1 Å². The standard InChI is InChI=1S/C20H21FN4OS/c1-27-12-18-23-15-4-2-3-5-17(15)25(18)11-19(26)24-16-7-6-13-10-22-9-8-14(13)20(16)21/h2-7,22H,8-12H2,1H3,(H,24,26). The van der Waals surface area contributed by atoms with Crippen LogP contribution in [0.5, 0.6) is 0 Å². The van der Waals surface area contributed by atoms with Crippen LogP contribution in [-0.4, -0.2) is 28.3 Å². The number of benzene rings is 2. The van der Waals surface area contributed by atoms with Crippen molar-refractivity contribution < 1.29 is 9.18 Å². The average molecular weight is 384 g/mol. The molecule has 0 saturated carbocycles. The van der Waals surface area contributed by atoms with Crippen LogP contribution in [-0.2, 0) is 30.1 Å². The molecule has 2 N–H and O–H groups in total. The minimum absolute atomic E-state index is 0.106. The van der Waals surface area contributed by atoms with Gasteiger partial charge in [-0.25, -0.2) is 9.37 Å². The van der Waals surface area contributed by atoms with Crippen LogP contribution in [0.1, 0.15) is 17.0 Å². The maximum atomic E-state index is 14.8. The van der Waals surface area contributed by atoms with Crippen LogP contribution in [0, 0.1) is 5.82 Å². The third-order valence-corrected chi connectivity index (χ3v) is 5.34. The molecule has 0 saturated heterocycles. The highest BCUT2D eigenvalue weighted by Gasteiger charge is 2.19. The number of rotatable bonds is 5. The van der Waals surface area contributed by atoms with Gasteiger partial charge in [-0.05, 0) is 48.5 Å². The Morgan fingerprint density at radius 2 is 2.19 bits per heavy atom. The number of halogens is 1. The second-order valence-electron chi connectivity index (χ2n) is 6.58. The lowest BCUT2D eigenvalue weighted by Crippen LogP contribution is -2.26. The van der Waals surface area contributed by atoms with Gasteiger partial charge in [0.15, 0.2) is 0 Å². The summed E-state index contributed by atoms with van der Waals surface area (Å²) in [5, 5.41) is 5.97. The summed E-state index contributed by atoms with van der Waals surface area (Å²) in [5.41, 5.74) is 3.68. The number of hydrogen-bond donors (Lipinski definition) is 2. The number of thioether (sulfide) groups is 1. The monoisotopic (exact) mass is 384 g/mol. The number of amides is 1. The number of para-hydroxylation sites is 2. The van der Waals surface area contributed by atoms with Gasteiger partial charge < -0.3 is 15.2 Å². The molecular formula is C20H21FN4OS. The van der Waals surface area contributed by atoms with Crippen molar-refractivity contribution in [2.45, 2.75) is 25.3 Å². The highest BCUT2D eigenvalue weighted by atomic mass is 32.2. The number of imidazole rings is 1. The smallest absolute Gasteiger partial charge is 0.244 e.